The molecule has 164 valence electrons. The molecule has 0 aliphatic rings. The van der Waals surface area contributed by atoms with Crippen LogP contribution in [0.15, 0.2) is 24.3 Å². The van der Waals surface area contributed by atoms with Crippen LogP contribution in [0.1, 0.15) is 24.8 Å². The van der Waals surface area contributed by atoms with Crippen molar-refractivity contribution < 1.29 is 34.2 Å². The Bertz CT molecular complexity index is 797. The summed E-state index contributed by atoms with van der Waals surface area (Å²) in [5, 5.41) is 23.1. The molecule has 0 saturated carbocycles. The highest BCUT2D eigenvalue weighted by atomic mass is 16.4. The molecule has 12 heteroatoms. The molecule has 0 fully saturated rings. The molecule has 0 bridgehead atoms. The molecule has 3 atom stereocenters. The summed E-state index contributed by atoms with van der Waals surface area (Å²) in [4.78, 5) is 58.1. The van der Waals surface area contributed by atoms with Gasteiger partial charge in [-0.3, -0.25) is 19.2 Å². The lowest BCUT2D eigenvalue weighted by molar-refractivity contribution is -0.143. The molecular formula is C18H25N5O7. The molecule has 0 aliphatic carbocycles. The second-order valence-electron chi connectivity index (χ2n) is 6.61. The Kier molecular flexibility index (Phi) is 9.23. The Morgan fingerprint density at radius 3 is 1.97 bits per heavy atom. The fourth-order valence-corrected chi connectivity index (χ4v) is 2.46. The Hall–Kier alpha value is -3.67. The van der Waals surface area contributed by atoms with E-state index in [-0.39, 0.29) is 25.0 Å². The number of carbonyl (C=O) groups excluding carboxylic acids is 4. The smallest absolute Gasteiger partial charge is 0.326 e. The number of benzene rings is 1. The predicted molar refractivity (Wildman–Crippen MR) is 104 cm³/mol. The number of carboxylic acids is 1. The summed E-state index contributed by atoms with van der Waals surface area (Å²) in [7, 11) is 0. The third kappa shape index (κ3) is 8.56. The zero-order valence-corrected chi connectivity index (χ0v) is 16.0. The predicted octanol–water partition coefficient (Wildman–Crippen LogP) is -2.54. The van der Waals surface area contributed by atoms with Crippen LogP contribution in [0.5, 0.6) is 5.75 Å². The van der Waals surface area contributed by atoms with Crippen molar-refractivity contribution in [2.45, 2.75) is 43.8 Å². The Morgan fingerprint density at radius 2 is 1.47 bits per heavy atom. The molecule has 30 heavy (non-hydrogen) atoms. The summed E-state index contributed by atoms with van der Waals surface area (Å²) < 4.78 is 0. The minimum atomic E-state index is -1.59. The molecule has 0 radical (unpaired) electrons. The number of amides is 4. The number of phenols is 1. The van der Waals surface area contributed by atoms with E-state index >= 15 is 0 Å². The van der Waals surface area contributed by atoms with E-state index in [9.17, 15) is 29.1 Å². The normalized spacial score (nSPS) is 13.5. The lowest BCUT2D eigenvalue weighted by Gasteiger charge is -2.22. The van der Waals surface area contributed by atoms with Crippen molar-refractivity contribution in [2.24, 2.45) is 17.2 Å². The molecule has 12 nitrogen and oxygen atoms in total. The second-order valence-corrected chi connectivity index (χ2v) is 6.61. The first kappa shape index (κ1) is 24.4. The molecule has 1 rings (SSSR count). The molecule has 0 aromatic heterocycles. The number of aromatic hydroxyl groups is 1. The van der Waals surface area contributed by atoms with E-state index < -0.39 is 54.1 Å². The topological polar surface area (TPSA) is 228 Å². The standard InChI is InChI=1S/C18H25N5O7/c19-11(5-6-14(20)25)16(27)22-12(7-9-1-3-10(24)4-2-9)17(28)23-13(18(29)30)8-15(21)26/h1-4,11-13,24H,5-8,19H2,(H2,20,25)(H2,21,26)(H,22,27)(H,23,28)(H,29,30)/t11-,12-,13-/m0/s1. The summed E-state index contributed by atoms with van der Waals surface area (Å²) in [6.07, 6.45) is -0.889. The highest BCUT2D eigenvalue weighted by molar-refractivity contribution is 5.93. The maximum absolute atomic E-state index is 12.6. The van der Waals surface area contributed by atoms with Gasteiger partial charge >= 0.3 is 5.97 Å². The summed E-state index contributed by atoms with van der Waals surface area (Å²) in [5.41, 5.74) is 16.3. The molecule has 0 aliphatic heterocycles. The Balaban J connectivity index is 2.97. The fraction of sp³-hybridized carbons (Fsp3) is 0.389. The number of nitrogens with two attached hydrogens (primary N) is 3. The van der Waals surface area contributed by atoms with Crippen molar-refractivity contribution in [1.29, 1.82) is 0 Å². The van der Waals surface area contributed by atoms with E-state index in [2.05, 4.69) is 10.6 Å². The Labute approximate surface area is 171 Å². The minimum absolute atomic E-state index is 0.00957. The number of rotatable bonds is 12. The third-order valence-electron chi connectivity index (χ3n) is 4.07. The lowest BCUT2D eigenvalue weighted by atomic mass is 10.0. The van der Waals surface area contributed by atoms with Gasteiger partial charge < -0.3 is 38.0 Å². The van der Waals surface area contributed by atoms with Gasteiger partial charge in [0.25, 0.3) is 0 Å². The molecule has 1 aromatic carbocycles. The van der Waals surface area contributed by atoms with Crippen LogP contribution in [0.3, 0.4) is 0 Å². The highest BCUT2D eigenvalue weighted by Gasteiger charge is 2.29. The van der Waals surface area contributed by atoms with Gasteiger partial charge in [0.1, 0.15) is 17.8 Å². The molecule has 0 unspecified atom stereocenters. The number of hydrogen-bond donors (Lipinski definition) is 7. The maximum atomic E-state index is 12.6. The number of hydrogen-bond acceptors (Lipinski definition) is 7. The summed E-state index contributed by atoms with van der Waals surface area (Å²) >= 11 is 0. The number of nitrogens with one attached hydrogen (secondary N) is 2. The van der Waals surface area contributed by atoms with Crippen LogP contribution in [0.4, 0.5) is 0 Å². The number of phenolic OH excluding ortho intramolecular Hbond substituents is 1. The number of aliphatic carboxylic acids is 1. The minimum Gasteiger partial charge on any atom is -0.508 e. The van der Waals surface area contributed by atoms with Crippen LogP contribution in [0.25, 0.3) is 0 Å². The van der Waals surface area contributed by atoms with E-state index in [4.69, 9.17) is 22.3 Å². The van der Waals surface area contributed by atoms with E-state index in [1.54, 1.807) is 0 Å². The highest BCUT2D eigenvalue weighted by Crippen LogP contribution is 2.12. The van der Waals surface area contributed by atoms with Crippen molar-refractivity contribution in [3.05, 3.63) is 29.8 Å². The average molecular weight is 423 g/mol. The largest absolute Gasteiger partial charge is 0.508 e. The van der Waals surface area contributed by atoms with Crippen molar-refractivity contribution in [3.8, 4) is 5.75 Å². The van der Waals surface area contributed by atoms with Gasteiger partial charge in [0, 0.05) is 12.8 Å². The molecule has 1 aromatic rings. The summed E-state index contributed by atoms with van der Waals surface area (Å²) in [6, 6.07) is 1.79. The van der Waals surface area contributed by atoms with Crippen LogP contribution in [-0.2, 0) is 30.4 Å². The van der Waals surface area contributed by atoms with E-state index in [0.29, 0.717) is 5.56 Å². The summed E-state index contributed by atoms with van der Waals surface area (Å²) in [5.74, 6) is -4.70. The molecule has 4 amide bonds. The number of carbonyl (C=O) groups is 5. The van der Waals surface area contributed by atoms with Gasteiger partial charge in [-0.05, 0) is 24.1 Å². The monoisotopic (exact) mass is 423 g/mol. The van der Waals surface area contributed by atoms with Crippen LogP contribution < -0.4 is 27.8 Å². The van der Waals surface area contributed by atoms with E-state index in [0.717, 1.165) is 0 Å². The number of carboxylic acid groups (broad SMARTS) is 1. The van der Waals surface area contributed by atoms with Gasteiger partial charge in [0.05, 0.1) is 12.5 Å². The van der Waals surface area contributed by atoms with Crippen LogP contribution in [-0.4, -0.2) is 57.9 Å². The quantitative estimate of drug-likeness (QED) is 0.189. The third-order valence-corrected chi connectivity index (χ3v) is 4.07. The molecule has 10 N–H and O–H groups in total. The second kappa shape index (κ2) is 11.4. The molecule has 0 heterocycles. The molecule has 0 saturated heterocycles. The van der Waals surface area contributed by atoms with Crippen molar-refractivity contribution in [2.75, 3.05) is 0 Å². The van der Waals surface area contributed by atoms with Gasteiger partial charge in [0.2, 0.25) is 23.6 Å². The van der Waals surface area contributed by atoms with Crippen LogP contribution in [0, 0.1) is 0 Å². The molecular weight excluding hydrogens is 398 g/mol. The van der Waals surface area contributed by atoms with Crippen molar-refractivity contribution in [3.63, 3.8) is 0 Å². The molecule has 0 spiro atoms. The first-order valence-electron chi connectivity index (χ1n) is 8.93. The first-order chi connectivity index (χ1) is 14.0. The van der Waals surface area contributed by atoms with Crippen LogP contribution in [0.2, 0.25) is 0 Å². The number of primary amides is 2. The zero-order chi connectivity index (χ0) is 22.8. The lowest BCUT2D eigenvalue weighted by Crippen LogP contribution is -2.55. The maximum Gasteiger partial charge on any atom is 0.326 e. The fourth-order valence-electron chi connectivity index (χ4n) is 2.46. The van der Waals surface area contributed by atoms with Gasteiger partial charge in [-0.2, -0.15) is 0 Å². The first-order valence-corrected chi connectivity index (χ1v) is 8.93. The van der Waals surface area contributed by atoms with Gasteiger partial charge in [0.15, 0.2) is 0 Å². The van der Waals surface area contributed by atoms with Crippen molar-refractivity contribution >= 4 is 29.6 Å². The van der Waals surface area contributed by atoms with Gasteiger partial charge in [-0.1, -0.05) is 12.1 Å². The van der Waals surface area contributed by atoms with E-state index in [1.807, 2.05) is 0 Å². The SMILES string of the molecule is NC(=O)CC[C@H](N)C(=O)N[C@@H](Cc1ccc(O)cc1)C(=O)N[C@@H](CC(N)=O)C(=O)O. The zero-order valence-electron chi connectivity index (χ0n) is 16.0. The summed E-state index contributed by atoms with van der Waals surface area (Å²) in [6.45, 7) is 0. The van der Waals surface area contributed by atoms with Crippen LogP contribution >= 0.6 is 0 Å². The average Bonchev–Trinajstić information content (AvgIpc) is 2.65. The van der Waals surface area contributed by atoms with E-state index in [1.165, 1.54) is 24.3 Å². The Morgan fingerprint density at radius 1 is 0.900 bits per heavy atom. The van der Waals surface area contributed by atoms with Crippen molar-refractivity contribution in [1.82, 2.24) is 10.6 Å². The van der Waals surface area contributed by atoms with Gasteiger partial charge in [-0.15, -0.1) is 0 Å². The van der Waals surface area contributed by atoms with Gasteiger partial charge in [-0.25, -0.2) is 4.79 Å².